The molecule has 19 heavy (non-hydrogen) atoms. The Labute approximate surface area is 116 Å². The molecule has 104 valence electrons. The van der Waals surface area contributed by atoms with Crippen LogP contribution in [0.25, 0.3) is 0 Å². The second kappa shape index (κ2) is 5.64. The van der Waals surface area contributed by atoms with Crippen molar-refractivity contribution in [1.29, 1.82) is 0 Å². The minimum Gasteiger partial charge on any atom is -0.375 e. The summed E-state index contributed by atoms with van der Waals surface area (Å²) in [5, 5.41) is 3.69. The third-order valence-electron chi connectivity index (χ3n) is 4.66. The molecule has 2 unspecified atom stereocenters. The van der Waals surface area contributed by atoms with Crippen LogP contribution in [0.3, 0.4) is 0 Å². The first-order valence-corrected chi connectivity index (χ1v) is 7.75. The van der Waals surface area contributed by atoms with Gasteiger partial charge in [-0.3, -0.25) is 0 Å². The average Bonchev–Trinajstić information content (AvgIpc) is 2.45. The molecule has 2 heteroatoms. The lowest BCUT2D eigenvalue weighted by Crippen LogP contribution is -2.50. The van der Waals surface area contributed by atoms with Crippen molar-refractivity contribution >= 4 is 0 Å². The highest BCUT2D eigenvalue weighted by molar-refractivity contribution is 5.31. The Bertz CT molecular complexity index is 431. The molecule has 0 saturated carbocycles. The number of hydrogen-bond acceptors (Lipinski definition) is 2. The van der Waals surface area contributed by atoms with Crippen LogP contribution >= 0.6 is 0 Å². The molecule has 1 aromatic carbocycles. The molecule has 1 saturated heterocycles. The van der Waals surface area contributed by atoms with Crippen molar-refractivity contribution in [2.75, 3.05) is 13.2 Å². The molecule has 0 amide bonds. The molecule has 2 atom stereocenters. The Kier molecular flexibility index (Phi) is 3.90. The maximum Gasteiger partial charge on any atom is 0.0740 e. The summed E-state index contributed by atoms with van der Waals surface area (Å²) in [6, 6.07) is 9.53. The molecule has 0 bridgehead atoms. The predicted molar refractivity (Wildman–Crippen MR) is 78.5 cm³/mol. The summed E-state index contributed by atoms with van der Waals surface area (Å²) in [5.41, 5.74) is 3.14. The SMILES string of the molecule is CCCNC1CCOC2(CCc3ccccc3C2)C1. The highest BCUT2D eigenvalue weighted by Crippen LogP contribution is 2.37. The molecule has 0 radical (unpaired) electrons. The van der Waals surface area contributed by atoms with Crippen LogP contribution in [-0.2, 0) is 17.6 Å². The van der Waals surface area contributed by atoms with E-state index in [4.69, 9.17) is 4.74 Å². The summed E-state index contributed by atoms with van der Waals surface area (Å²) in [6.45, 7) is 4.29. The molecule has 1 spiro atoms. The van der Waals surface area contributed by atoms with E-state index in [1.165, 1.54) is 43.2 Å². The van der Waals surface area contributed by atoms with Crippen LogP contribution in [0, 0.1) is 0 Å². The van der Waals surface area contributed by atoms with Gasteiger partial charge in [-0.1, -0.05) is 31.2 Å². The second-order valence-electron chi connectivity index (χ2n) is 6.12. The first-order chi connectivity index (χ1) is 9.31. The molecular formula is C17H25NO. The van der Waals surface area contributed by atoms with Gasteiger partial charge in [0.05, 0.1) is 5.60 Å². The Morgan fingerprint density at radius 2 is 2.16 bits per heavy atom. The maximum absolute atomic E-state index is 6.23. The lowest BCUT2D eigenvalue weighted by molar-refractivity contribution is -0.0961. The molecule has 1 heterocycles. The van der Waals surface area contributed by atoms with Crippen LogP contribution in [0.15, 0.2) is 24.3 Å². The lowest BCUT2D eigenvalue weighted by atomic mass is 9.75. The van der Waals surface area contributed by atoms with E-state index < -0.39 is 0 Å². The normalized spacial score (nSPS) is 30.3. The third-order valence-corrected chi connectivity index (χ3v) is 4.66. The summed E-state index contributed by atoms with van der Waals surface area (Å²) in [4.78, 5) is 0. The summed E-state index contributed by atoms with van der Waals surface area (Å²) in [6.07, 6.45) is 7.04. The van der Waals surface area contributed by atoms with Gasteiger partial charge >= 0.3 is 0 Å². The zero-order valence-corrected chi connectivity index (χ0v) is 12.0. The van der Waals surface area contributed by atoms with Crippen molar-refractivity contribution in [2.45, 2.75) is 57.1 Å². The zero-order valence-electron chi connectivity index (χ0n) is 12.0. The number of nitrogens with one attached hydrogen (secondary N) is 1. The highest BCUT2D eigenvalue weighted by Gasteiger charge is 2.39. The van der Waals surface area contributed by atoms with Gasteiger partial charge in [0, 0.05) is 19.1 Å². The van der Waals surface area contributed by atoms with E-state index in [2.05, 4.69) is 36.5 Å². The number of aryl methyl sites for hydroxylation is 1. The predicted octanol–water partition coefficient (Wildman–Crippen LogP) is 3.09. The van der Waals surface area contributed by atoms with Gasteiger partial charge in [0.2, 0.25) is 0 Å². The van der Waals surface area contributed by atoms with E-state index in [9.17, 15) is 0 Å². The monoisotopic (exact) mass is 259 g/mol. The number of benzene rings is 1. The summed E-state index contributed by atoms with van der Waals surface area (Å²) in [5.74, 6) is 0. The van der Waals surface area contributed by atoms with E-state index >= 15 is 0 Å². The fraction of sp³-hybridized carbons (Fsp3) is 0.647. The Hall–Kier alpha value is -0.860. The zero-order chi connectivity index (χ0) is 13.1. The number of ether oxygens (including phenoxy) is 1. The van der Waals surface area contributed by atoms with Crippen LogP contribution in [0.5, 0.6) is 0 Å². The first kappa shape index (κ1) is 13.1. The van der Waals surface area contributed by atoms with Crippen molar-refractivity contribution in [3.63, 3.8) is 0 Å². The summed E-state index contributed by atoms with van der Waals surface area (Å²) >= 11 is 0. The standard InChI is InChI=1S/C17H25NO/c1-2-10-18-16-8-11-19-17(13-16)9-7-14-5-3-4-6-15(14)12-17/h3-6,16,18H,2,7-13H2,1H3. The smallest absolute Gasteiger partial charge is 0.0740 e. The third kappa shape index (κ3) is 2.85. The largest absolute Gasteiger partial charge is 0.375 e. The molecule has 2 nitrogen and oxygen atoms in total. The number of hydrogen-bond donors (Lipinski definition) is 1. The van der Waals surface area contributed by atoms with Gasteiger partial charge in [0.15, 0.2) is 0 Å². The Balaban J connectivity index is 1.71. The number of rotatable bonds is 3. The highest BCUT2D eigenvalue weighted by atomic mass is 16.5. The number of fused-ring (bicyclic) bond motifs is 1. The molecule has 1 aliphatic carbocycles. The topological polar surface area (TPSA) is 21.3 Å². The minimum atomic E-state index is 0.109. The van der Waals surface area contributed by atoms with Gasteiger partial charge in [-0.15, -0.1) is 0 Å². The van der Waals surface area contributed by atoms with Gasteiger partial charge in [-0.2, -0.15) is 0 Å². The molecule has 1 fully saturated rings. The van der Waals surface area contributed by atoms with E-state index in [1.807, 2.05) is 0 Å². The molecule has 3 rings (SSSR count). The molecule has 1 aromatic rings. The van der Waals surface area contributed by atoms with Crippen LogP contribution in [0.2, 0.25) is 0 Å². The Morgan fingerprint density at radius 3 is 3.00 bits per heavy atom. The van der Waals surface area contributed by atoms with E-state index in [0.717, 1.165) is 19.6 Å². The van der Waals surface area contributed by atoms with Gasteiger partial charge in [0.1, 0.15) is 0 Å². The van der Waals surface area contributed by atoms with Crippen molar-refractivity contribution in [1.82, 2.24) is 5.32 Å². The second-order valence-corrected chi connectivity index (χ2v) is 6.12. The van der Waals surface area contributed by atoms with Crippen molar-refractivity contribution in [3.8, 4) is 0 Å². The first-order valence-electron chi connectivity index (χ1n) is 7.75. The Morgan fingerprint density at radius 1 is 1.32 bits per heavy atom. The maximum atomic E-state index is 6.23. The van der Waals surface area contributed by atoms with E-state index in [1.54, 1.807) is 0 Å². The van der Waals surface area contributed by atoms with Gasteiger partial charge in [-0.05, 0) is 49.8 Å². The lowest BCUT2D eigenvalue weighted by Gasteiger charge is -2.44. The molecule has 2 aliphatic rings. The van der Waals surface area contributed by atoms with E-state index in [0.29, 0.717) is 6.04 Å². The van der Waals surface area contributed by atoms with Gasteiger partial charge in [0.25, 0.3) is 0 Å². The molecular weight excluding hydrogens is 234 g/mol. The van der Waals surface area contributed by atoms with E-state index in [-0.39, 0.29) is 5.60 Å². The molecule has 1 N–H and O–H groups in total. The van der Waals surface area contributed by atoms with Crippen molar-refractivity contribution < 1.29 is 4.74 Å². The quantitative estimate of drug-likeness (QED) is 0.900. The molecule has 0 aromatic heterocycles. The summed E-state index contributed by atoms with van der Waals surface area (Å²) < 4.78 is 6.23. The average molecular weight is 259 g/mol. The van der Waals surface area contributed by atoms with Crippen LogP contribution < -0.4 is 5.32 Å². The summed E-state index contributed by atoms with van der Waals surface area (Å²) in [7, 11) is 0. The van der Waals surface area contributed by atoms with Gasteiger partial charge in [-0.25, -0.2) is 0 Å². The van der Waals surface area contributed by atoms with Crippen molar-refractivity contribution in [2.24, 2.45) is 0 Å². The fourth-order valence-electron chi connectivity index (χ4n) is 3.62. The van der Waals surface area contributed by atoms with Crippen molar-refractivity contribution in [3.05, 3.63) is 35.4 Å². The van der Waals surface area contributed by atoms with Crippen LogP contribution in [0.4, 0.5) is 0 Å². The van der Waals surface area contributed by atoms with Crippen LogP contribution in [-0.4, -0.2) is 24.8 Å². The molecule has 1 aliphatic heterocycles. The van der Waals surface area contributed by atoms with Crippen LogP contribution in [0.1, 0.15) is 43.7 Å². The van der Waals surface area contributed by atoms with Gasteiger partial charge < -0.3 is 10.1 Å². The fourth-order valence-corrected chi connectivity index (χ4v) is 3.62. The minimum absolute atomic E-state index is 0.109.